The molecule has 2 amide bonds. The minimum atomic E-state index is -0.245. The molecular formula is C19H20N2O4. The standard InChI is InChI=1S/C19H20N2O4/c1-13(14-6-5-7-15(22)10-14)20(2)18(23)11-21-16-8-3-4-9-17(16)25-12-19(21)24/h3-10,13,22H,11-12H2,1-2H3/t13-/m0/s1. The quantitative estimate of drug-likeness (QED) is 0.927. The van der Waals surface area contributed by atoms with E-state index in [1.54, 1.807) is 48.3 Å². The van der Waals surface area contributed by atoms with Crippen LogP contribution in [0.4, 0.5) is 5.69 Å². The zero-order valence-corrected chi connectivity index (χ0v) is 14.2. The first kappa shape index (κ1) is 16.8. The summed E-state index contributed by atoms with van der Waals surface area (Å²) in [5.41, 5.74) is 1.43. The molecule has 1 aliphatic heterocycles. The monoisotopic (exact) mass is 340 g/mol. The maximum Gasteiger partial charge on any atom is 0.265 e. The lowest BCUT2D eigenvalue weighted by Gasteiger charge is -2.32. The lowest BCUT2D eigenvalue weighted by Crippen LogP contribution is -2.46. The third kappa shape index (κ3) is 3.42. The Morgan fingerprint density at radius 3 is 2.80 bits per heavy atom. The average Bonchev–Trinajstić information content (AvgIpc) is 2.62. The van der Waals surface area contributed by atoms with Crippen LogP contribution in [0.2, 0.25) is 0 Å². The number of likely N-dealkylation sites (N-methyl/N-ethyl adjacent to an activating group) is 1. The highest BCUT2D eigenvalue weighted by molar-refractivity contribution is 6.02. The van der Waals surface area contributed by atoms with Crippen molar-refractivity contribution in [1.29, 1.82) is 0 Å². The van der Waals surface area contributed by atoms with Crippen LogP contribution in [-0.4, -0.2) is 42.0 Å². The van der Waals surface area contributed by atoms with Crippen LogP contribution < -0.4 is 9.64 Å². The van der Waals surface area contributed by atoms with Gasteiger partial charge in [-0.05, 0) is 36.8 Å². The fourth-order valence-electron chi connectivity index (χ4n) is 2.80. The number of para-hydroxylation sites is 2. The van der Waals surface area contributed by atoms with Crippen molar-refractivity contribution in [3.63, 3.8) is 0 Å². The van der Waals surface area contributed by atoms with Crippen molar-refractivity contribution in [2.24, 2.45) is 0 Å². The van der Waals surface area contributed by atoms with Crippen molar-refractivity contribution in [3.05, 3.63) is 54.1 Å². The molecule has 0 spiro atoms. The van der Waals surface area contributed by atoms with E-state index in [9.17, 15) is 14.7 Å². The van der Waals surface area contributed by atoms with Crippen LogP contribution in [0.15, 0.2) is 48.5 Å². The Hall–Kier alpha value is -3.02. The first-order chi connectivity index (χ1) is 12.0. The molecule has 0 saturated heterocycles. The number of hydrogen-bond donors (Lipinski definition) is 1. The zero-order chi connectivity index (χ0) is 18.0. The third-order valence-electron chi connectivity index (χ3n) is 4.43. The Morgan fingerprint density at radius 1 is 1.28 bits per heavy atom. The van der Waals surface area contributed by atoms with Crippen LogP contribution in [0.25, 0.3) is 0 Å². The third-order valence-corrected chi connectivity index (χ3v) is 4.43. The summed E-state index contributed by atoms with van der Waals surface area (Å²) in [6, 6.07) is 13.7. The topological polar surface area (TPSA) is 70.1 Å². The molecule has 0 saturated carbocycles. The predicted octanol–water partition coefficient (Wildman–Crippen LogP) is 2.34. The van der Waals surface area contributed by atoms with Gasteiger partial charge in [0, 0.05) is 7.05 Å². The van der Waals surface area contributed by atoms with E-state index >= 15 is 0 Å². The highest BCUT2D eigenvalue weighted by Crippen LogP contribution is 2.31. The number of rotatable bonds is 4. The summed E-state index contributed by atoms with van der Waals surface area (Å²) < 4.78 is 5.39. The van der Waals surface area contributed by atoms with Gasteiger partial charge >= 0.3 is 0 Å². The van der Waals surface area contributed by atoms with Crippen molar-refractivity contribution in [2.45, 2.75) is 13.0 Å². The second-order valence-electron chi connectivity index (χ2n) is 6.01. The average molecular weight is 340 g/mol. The Labute approximate surface area is 146 Å². The van der Waals surface area contributed by atoms with Crippen LogP contribution in [-0.2, 0) is 9.59 Å². The maximum absolute atomic E-state index is 12.7. The van der Waals surface area contributed by atoms with Crippen LogP contribution in [0.3, 0.4) is 0 Å². The molecule has 6 heteroatoms. The molecule has 1 heterocycles. The second-order valence-corrected chi connectivity index (χ2v) is 6.01. The molecule has 0 aliphatic carbocycles. The minimum absolute atomic E-state index is 0.0567. The molecule has 0 radical (unpaired) electrons. The zero-order valence-electron chi connectivity index (χ0n) is 14.2. The minimum Gasteiger partial charge on any atom is -0.508 e. The van der Waals surface area contributed by atoms with E-state index in [0.29, 0.717) is 11.4 Å². The maximum atomic E-state index is 12.7. The highest BCUT2D eigenvalue weighted by Gasteiger charge is 2.29. The molecule has 3 rings (SSSR count). The molecule has 2 aromatic carbocycles. The van der Waals surface area contributed by atoms with Gasteiger partial charge in [-0.2, -0.15) is 0 Å². The van der Waals surface area contributed by atoms with E-state index in [1.807, 2.05) is 19.1 Å². The van der Waals surface area contributed by atoms with Gasteiger partial charge in [-0.3, -0.25) is 14.5 Å². The largest absolute Gasteiger partial charge is 0.508 e. The van der Waals surface area contributed by atoms with Gasteiger partial charge < -0.3 is 14.7 Å². The summed E-state index contributed by atoms with van der Waals surface area (Å²) >= 11 is 0. The first-order valence-electron chi connectivity index (χ1n) is 8.04. The number of nitrogens with zero attached hydrogens (tertiary/aromatic N) is 2. The van der Waals surface area contributed by atoms with Gasteiger partial charge in [0.1, 0.15) is 18.0 Å². The molecule has 25 heavy (non-hydrogen) atoms. The number of phenolic OH excluding ortho intramolecular Hbond substituents is 1. The molecule has 130 valence electrons. The summed E-state index contributed by atoms with van der Waals surface area (Å²) in [5.74, 6) is 0.312. The van der Waals surface area contributed by atoms with E-state index in [1.165, 1.54) is 4.90 Å². The predicted molar refractivity (Wildman–Crippen MR) is 93.6 cm³/mol. The number of aromatic hydroxyl groups is 1. The number of phenols is 1. The van der Waals surface area contributed by atoms with Crippen molar-refractivity contribution in [1.82, 2.24) is 4.90 Å². The number of hydrogen-bond acceptors (Lipinski definition) is 4. The first-order valence-corrected chi connectivity index (χ1v) is 8.04. The van der Waals surface area contributed by atoms with Crippen LogP contribution >= 0.6 is 0 Å². The van der Waals surface area contributed by atoms with E-state index < -0.39 is 0 Å². The lowest BCUT2D eigenvalue weighted by molar-refractivity contribution is -0.132. The van der Waals surface area contributed by atoms with Crippen molar-refractivity contribution in [3.8, 4) is 11.5 Å². The summed E-state index contributed by atoms with van der Waals surface area (Å²) in [6.07, 6.45) is 0. The molecule has 0 bridgehead atoms. The molecule has 2 aromatic rings. The fourth-order valence-corrected chi connectivity index (χ4v) is 2.80. The number of benzene rings is 2. The molecule has 0 aromatic heterocycles. The van der Waals surface area contributed by atoms with Crippen LogP contribution in [0.5, 0.6) is 11.5 Å². The Kier molecular flexibility index (Phi) is 4.61. The smallest absolute Gasteiger partial charge is 0.265 e. The van der Waals surface area contributed by atoms with E-state index in [4.69, 9.17) is 4.74 Å². The lowest BCUT2D eigenvalue weighted by atomic mass is 10.1. The molecule has 0 fully saturated rings. The highest BCUT2D eigenvalue weighted by atomic mass is 16.5. The van der Waals surface area contributed by atoms with E-state index in [0.717, 1.165) is 5.56 Å². The van der Waals surface area contributed by atoms with Gasteiger partial charge in [-0.1, -0.05) is 24.3 Å². The van der Waals surface area contributed by atoms with Crippen molar-refractivity contribution < 1.29 is 19.4 Å². The summed E-state index contributed by atoms with van der Waals surface area (Å²) in [7, 11) is 1.69. The summed E-state index contributed by atoms with van der Waals surface area (Å²) in [5, 5.41) is 9.62. The van der Waals surface area contributed by atoms with Gasteiger partial charge in [0.05, 0.1) is 11.7 Å². The number of carbonyl (C=O) groups is 2. The van der Waals surface area contributed by atoms with Gasteiger partial charge in [-0.25, -0.2) is 0 Å². The van der Waals surface area contributed by atoms with Gasteiger partial charge in [-0.15, -0.1) is 0 Å². The number of amides is 2. The van der Waals surface area contributed by atoms with Gasteiger partial charge in [0.15, 0.2) is 6.61 Å². The molecular weight excluding hydrogens is 320 g/mol. The van der Waals surface area contributed by atoms with Gasteiger partial charge in [0.2, 0.25) is 5.91 Å². The molecule has 1 atom stereocenters. The molecule has 6 nitrogen and oxygen atoms in total. The Morgan fingerprint density at radius 2 is 2.04 bits per heavy atom. The molecule has 0 unspecified atom stereocenters. The Bertz CT molecular complexity index is 806. The second kappa shape index (κ2) is 6.84. The fraction of sp³-hybridized carbons (Fsp3) is 0.263. The summed E-state index contributed by atoms with van der Waals surface area (Å²) in [6.45, 7) is 1.75. The van der Waals surface area contributed by atoms with E-state index in [2.05, 4.69) is 0 Å². The van der Waals surface area contributed by atoms with Crippen molar-refractivity contribution in [2.75, 3.05) is 25.1 Å². The molecule has 1 aliphatic rings. The number of ether oxygens (including phenoxy) is 1. The SMILES string of the molecule is C[C@@H](c1cccc(O)c1)N(C)C(=O)CN1C(=O)COc2ccccc21. The Balaban J connectivity index is 1.76. The normalized spacial score (nSPS) is 14.5. The number of fused-ring (bicyclic) bond motifs is 1. The number of carbonyl (C=O) groups excluding carboxylic acids is 2. The van der Waals surface area contributed by atoms with Crippen molar-refractivity contribution >= 4 is 17.5 Å². The molecule has 1 N–H and O–H groups in total. The summed E-state index contributed by atoms with van der Waals surface area (Å²) in [4.78, 5) is 27.9. The number of anilines is 1. The van der Waals surface area contributed by atoms with E-state index in [-0.39, 0.29) is 36.8 Å². The van der Waals surface area contributed by atoms with Gasteiger partial charge in [0.25, 0.3) is 5.91 Å². The van der Waals surface area contributed by atoms with Crippen LogP contribution in [0, 0.1) is 0 Å². The van der Waals surface area contributed by atoms with Crippen LogP contribution in [0.1, 0.15) is 18.5 Å².